The normalized spacial score (nSPS) is 5.50. The van der Waals surface area contributed by atoms with Crippen molar-refractivity contribution in [2.45, 2.75) is 7.43 Å². The SMILES string of the molecule is C.[Cl][Ru][Cl]. The minimum absolute atomic E-state index is 0. The van der Waals surface area contributed by atoms with Crippen LogP contribution in [-0.2, 0) is 15.1 Å². The summed E-state index contributed by atoms with van der Waals surface area (Å²) in [6.07, 6.45) is 0. The number of rotatable bonds is 0. The van der Waals surface area contributed by atoms with Crippen LogP contribution in [0.2, 0.25) is 0 Å². The van der Waals surface area contributed by atoms with Crippen LogP contribution in [0, 0.1) is 0 Å². The first-order valence-corrected chi connectivity index (χ1v) is 4.74. The molecule has 0 aromatic rings. The van der Waals surface area contributed by atoms with E-state index >= 15 is 0 Å². The van der Waals surface area contributed by atoms with Gasteiger partial charge in [0.2, 0.25) is 0 Å². The zero-order valence-electron chi connectivity index (χ0n) is 1.11. The molecule has 0 spiro atoms. The van der Waals surface area contributed by atoms with Gasteiger partial charge in [-0.05, 0) is 0 Å². The summed E-state index contributed by atoms with van der Waals surface area (Å²) in [6.45, 7) is 0. The van der Waals surface area contributed by atoms with Gasteiger partial charge in [0.25, 0.3) is 0 Å². The Hall–Kier alpha value is 1.20. The van der Waals surface area contributed by atoms with Crippen molar-refractivity contribution in [2.75, 3.05) is 0 Å². The van der Waals surface area contributed by atoms with Crippen LogP contribution >= 0.6 is 19.4 Å². The topological polar surface area (TPSA) is 0 Å². The molecule has 4 heavy (non-hydrogen) atoms. The van der Waals surface area contributed by atoms with Crippen LogP contribution in [0.5, 0.6) is 0 Å². The molecule has 0 fully saturated rings. The van der Waals surface area contributed by atoms with Gasteiger partial charge >= 0.3 is 34.5 Å². The second-order valence-corrected chi connectivity index (χ2v) is 2.69. The van der Waals surface area contributed by atoms with Gasteiger partial charge in [0.15, 0.2) is 0 Å². The molecular formula is CH4Cl2Ru. The third-order valence-electron chi connectivity index (χ3n) is 0. The Morgan fingerprint density at radius 2 is 1.25 bits per heavy atom. The average Bonchev–Trinajstić information content (AvgIpc) is 0.918. The van der Waals surface area contributed by atoms with Crippen molar-refractivity contribution < 1.29 is 15.1 Å². The molecule has 0 saturated heterocycles. The molecule has 0 aromatic heterocycles. The van der Waals surface area contributed by atoms with E-state index in [1.807, 2.05) is 0 Å². The van der Waals surface area contributed by atoms with Gasteiger partial charge in [0.05, 0.1) is 0 Å². The maximum absolute atomic E-state index is 4.85. The number of hydrogen-bond acceptors (Lipinski definition) is 0. The molecule has 0 saturated carbocycles. The van der Waals surface area contributed by atoms with Crippen LogP contribution in [0.15, 0.2) is 0 Å². The van der Waals surface area contributed by atoms with Crippen LogP contribution in [0.3, 0.4) is 0 Å². The van der Waals surface area contributed by atoms with Gasteiger partial charge in [-0.1, -0.05) is 7.43 Å². The molecule has 0 aliphatic carbocycles. The Morgan fingerprint density at radius 3 is 1.25 bits per heavy atom. The maximum atomic E-state index is 4.85. The van der Waals surface area contributed by atoms with Crippen LogP contribution in [0.4, 0.5) is 0 Å². The first kappa shape index (κ1) is 8.96. The standard InChI is InChI=1S/CH4.2ClH.Ru/h1H4;2*1H;/q;;;+2/p-2. The van der Waals surface area contributed by atoms with Gasteiger partial charge in [-0.3, -0.25) is 0 Å². The predicted octanol–water partition coefficient (Wildman–Crippen LogP) is 2.01. The van der Waals surface area contributed by atoms with E-state index in [1.165, 1.54) is 0 Å². The molecule has 0 bridgehead atoms. The third-order valence-corrected chi connectivity index (χ3v) is 0. The van der Waals surface area contributed by atoms with E-state index in [2.05, 4.69) is 0 Å². The second-order valence-electron chi connectivity index (χ2n) is 0.0505. The fourth-order valence-electron chi connectivity index (χ4n) is 0. The van der Waals surface area contributed by atoms with Crippen molar-refractivity contribution in [1.29, 1.82) is 0 Å². The summed E-state index contributed by atoms with van der Waals surface area (Å²) in [4.78, 5) is 0. The van der Waals surface area contributed by atoms with Crippen molar-refractivity contribution in [3.63, 3.8) is 0 Å². The van der Waals surface area contributed by atoms with Gasteiger partial charge in [0, 0.05) is 0 Å². The molecule has 0 amide bonds. The molecule has 0 unspecified atom stereocenters. The van der Waals surface area contributed by atoms with Gasteiger partial charge in [-0.15, -0.1) is 0 Å². The van der Waals surface area contributed by atoms with Gasteiger partial charge in [0.1, 0.15) is 0 Å². The van der Waals surface area contributed by atoms with E-state index in [0.29, 0.717) is 0 Å². The summed E-state index contributed by atoms with van der Waals surface area (Å²) < 4.78 is 0. The van der Waals surface area contributed by atoms with Crippen molar-refractivity contribution in [1.82, 2.24) is 0 Å². The molecule has 0 aliphatic rings. The molecule has 0 atom stereocenters. The van der Waals surface area contributed by atoms with Crippen LogP contribution in [0.25, 0.3) is 0 Å². The Morgan fingerprint density at radius 1 is 1.25 bits per heavy atom. The average molecular weight is 188 g/mol. The van der Waals surface area contributed by atoms with Gasteiger partial charge in [-0.2, -0.15) is 0 Å². The second kappa shape index (κ2) is 8.88. The van der Waals surface area contributed by atoms with Crippen molar-refractivity contribution in [2.24, 2.45) is 0 Å². The Balaban J connectivity index is 0. The molecule has 0 nitrogen and oxygen atoms in total. The molecule has 0 N–H and O–H groups in total. The fourth-order valence-corrected chi connectivity index (χ4v) is 0. The molecule has 0 aromatic carbocycles. The quantitative estimate of drug-likeness (QED) is 0.510. The molecular weight excluding hydrogens is 184 g/mol. The van der Waals surface area contributed by atoms with E-state index in [1.54, 1.807) is 0 Å². The molecule has 0 radical (unpaired) electrons. The van der Waals surface area contributed by atoms with E-state index in [4.69, 9.17) is 19.4 Å². The molecule has 0 rings (SSSR count). The van der Waals surface area contributed by atoms with Crippen molar-refractivity contribution >= 4 is 19.4 Å². The van der Waals surface area contributed by atoms with E-state index in [0.717, 1.165) is 0 Å². The molecule has 3 heteroatoms. The summed E-state index contributed by atoms with van der Waals surface area (Å²) in [7, 11) is 9.71. The van der Waals surface area contributed by atoms with E-state index < -0.39 is 0 Å². The monoisotopic (exact) mass is 188 g/mol. The molecule has 0 heterocycles. The zero-order chi connectivity index (χ0) is 2.71. The van der Waals surface area contributed by atoms with Crippen LogP contribution in [0.1, 0.15) is 7.43 Å². The van der Waals surface area contributed by atoms with Gasteiger partial charge in [-0.25, -0.2) is 0 Å². The van der Waals surface area contributed by atoms with Crippen molar-refractivity contribution in [3.8, 4) is 0 Å². The summed E-state index contributed by atoms with van der Waals surface area (Å²) in [5, 5.41) is 0. The minimum atomic E-state index is -0.346. The van der Waals surface area contributed by atoms with E-state index in [9.17, 15) is 0 Å². The van der Waals surface area contributed by atoms with Gasteiger partial charge < -0.3 is 0 Å². The zero-order valence-corrected chi connectivity index (χ0v) is 4.36. The van der Waals surface area contributed by atoms with Crippen LogP contribution < -0.4 is 0 Å². The summed E-state index contributed by atoms with van der Waals surface area (Å²) in [5.74, 6) is 0. The van der Waals surface area contributed by atoms with Crippen LogP contribution in [-0.4, -0.2) is 0 Å². The fraction of sp³-hybridized carbons (Fsp3) is 1.00. The van der Waals surface area contributed by atoms with E-state index in [-0.39, 0.29) is 22.6 Å². The molecule has 0 aliphatic heterocycles. The Bertz CT molecular complexity index is 6.00. The molecule has 30 valence electrons. The third kappa shape index (κ3) is 10.7. The number of hydrogen-bond donors (Lipinski definition) is 0. The summed E-state index contributed by atoms with van der Waals surface area (Å²) >= 11 is -0.346. The summed E-state index contributed by atoms with van der Waals surface area (Å²) in [5.41, 5.74) is 0. The predicted molar refractivity (Wildman–Crippen MR) is 18.4 cm³/mol. The first-order chi connectivity index (χ1) is 1.41. The Labute approximate surface area is 42.2 Å². The number of halogens is 2. The first-order valence-electron chi connectivity index (χ1n) is 0.267. The Kier molecular flexibility index (Phi) is 19.9. The van der Waals surface area contributed by atoms with Crippen molar-refractivity contribution in [3.05, 3.63) is 0 Å². The summed E-state index contributed by atoms with van der Waals surface area (Å²) in [6, 6.07) is 0.